The molecule has 0 fully saturated rings. The van der Waals surface area contributed by atoms with Crippen LogP contribution in [0.5, 0.6) is 5.75 Å². The first-order valence-corrected chi connectivity index (χ1v) is 7.59. The van der Waals surface area contributed by atoms with Crippen LogP contribution in [0.25, 0.3) is 0 Å². The maximum absolute atomic E-state index is 11.4. The molecule has 2 N–H and O–H groups in total. The molecule has 4 heteroatoms. The molecule has 0 saturated carbocycles. The van der Waals surface area contributed by atoms with Crippen molar-refractivity contribution in [1.29, 1.82) is 0 Å². The lowest BCUT2D eigenvalue weighted by atomic mass is 9.78. The van der Waals surface area contributed by atoms with Crippen LogP contribution < -0.4 is 0 Å². The Hall–Kier alpha value is -1.55. The summed E-state index contributed by atoms with van der Waals surface area (Å²) >= 11 is 0. The van der Waals surface area contributed by atoms with E-state index in [1.54, 1.807) is 14.1 Å². The van der Waals surface area contributed by atoms with Gasteiger partial charge in [-0.05, 0) is 23.0 Å². The lowest BCUT2D eigenvalue weighted by Crippen LogP contribution is -2.43. The summed E-state index contributed by atoms with van der Waals surface area (Å²) in [5.74, 6) is 0.324. The lowest BCUT2D eigenvalue weighted by molar-refractivity contribution is -0.830. The number of rotatable bonds is 2. The van der Waals surface area contributed by atoms with Crippen molar-refractivity contribution in [2.75, 3.05) is 14.1 Å². The third-order valence-corrected chi connectivity index (χ3v) is 3.88. The number of phenolic OH excluding ortho intramolecular Hbond substituents is 1. The molecule has 0 spiro atoms. The zero-order valence-corrected chi connectivity index (χ0v) is 15.1. The lowest BCUT2D eigenvalue weighted by Gasteiger charge is -2.29. The molecule has 0 bridgehead atoms. The number of nitrogens with zero attached hydrogens (tertiary/aromatic N) is 1. The molecule has 1 amide bonds. The Morgan fingerprint density at radius 1 is 1.00 bits per heavy atom. The summed E-state index contributed by atoms with van der Waals surface area (Å²) in [7, 11) is 3.34. The number of hydrogen-bond donors (Lipinski definition) is 2. The molecule has 0 unspecified atom stereocenters. The molecule has 1 aromatic carbocycles. The summed E-state index contributed by atoms with van der Waals surface area (Å²) in [5.41, 5.74) is 2.24. The standard InChI is InChI=1S/C18H29NO3/c1-17(2,3)13-9-12(11-19(7,8)16(21)22)10-14(15(13)20)18(4,5)6/h9-10H,11H2,1-8H3,(H-,20,21,22)/p+1. The van der Waals surface area contributed by atoms with Gasteiger partial charge < -0.3 is 10.2 Å². The molecular formula is C18H30NO3+. The van der Waals surface area contributed by atoms with E-state index >= 15 is 0 Å². The first kappa shape index (κ1) is 18.5. The summed E-state index contributed by atoms with van der Waals surface area (Å²) in [6, 6.07) is 3.88. The normalized spacial score (nSPS) is 13.3. The zero-order chi connectivity index (χ0) is 17.5. The number of quaternary nitrogens is 1. The summed E-state index contributed by atoms with van der Waals surface area (Å²) < 4.78 is -0.141. The van der Waals surface area contributed by atoms with Crippen molar-refractivity contribution < 1.29 is 19.5 Å². The van der Waals surface area contributed by atoms with E-state index in [0.717, 1.165) is 16.7 Å². The molecule has 0 aromatic heterocycles. The SMILES string of the molecule is CC(C)(C)c1cc(C[N+](C)(C)C(=O)O)cc(C(C)(C)C)c1O. The minimum absolute atomic E-state index is 0.141. The Kier molecular flexibility index (Phi) is 4.69. The average molecular weight is 308 g/mol. The molecule has 0 saturated heterocycles. The van der Waals surface area contributed by atoms with E-state index in [0.29, 0.717) is 12.3 Å². The minimum atomic E-state index is -0.873. The average Bonchev–Trinajstić information content (AvgIpc) is 2.27. The van der Waals surface area contributed by atoms with Crippen LogP contribution in [0.1, 0.15) is 58.2 Å². The molecule has 4 nitrogen and oxygen atoms in total. The second-order valence-electron chi connectivity index (χ2n) is 8.67. The summed E-state index contributed by atoms with van der Waals surface area (Å²) in [4.78, 5) is 11.4. The Bertz CT molecular complexity index is 540. The van der Waals surface area contributed by atoms with Crippen LogP contribution in [0, 0.1) is 0 Å². The van der Waals surface area contributed by atoms with Gasteiger partial charge in [0.15, 0.2) is 0 Å². The predicted octanol–water partition coefficient (Wildman–Crippen LogP) is 4.24. The maximum Gasteiger partial charge on any atom is 0.513 e. The van der Waals surface area contributed by atoms with Crippen LogP contribution in [0.4, 0.5) is 4.79 Å². The number of carboxylic acid groups (broad SMARTS) is 1. The summed E-state index contributed by atoms with van der Waals surface area (Å²) in [6.07, 6.45) is -0.873. The Morgan fingerprint density at radius 3 is 1.64 bits per heavy atom. The minimum Gasteiger partial charge on any atom is -0.507 e. The topological polar surface area (TPSA) is 57.5 Å². The number of amides is 1. The third-order valence-electron chi connectivity index (χ3n) is 3.88. The van der Waals surface area contributed by atoms with E-state index in [1.165, 1.54) is 0 Å². The van der Waals surface area contributed by atoms with Gasteiger partial charge in [-0.3, -0.25) is 0 Å². The second-order valence-corrected chi connectivity index (χ2v) is 8.67. The number of benzene rings is 1. The van der Waals surface area contributed by atoms with E-state index in [1.807, 2.05) is 12.1 Å². The highest BCUT2D eigenvalue weighted by Gasteiger charge is 2.30. The number of carbonyl (C=O) groups is 1. The van der Waals surface area contributed by atoms with Crippen LogP contribution in [0.2, 0.25) is 0 Å². The van der Waals surface area contributed by atoms with Gasteiger partial charge in [0.05, 0.1) is 14.1 Å². The molecule has 1 rings (SSSR count). The highest BCUT2D eigenvalue weighted by Crippen LogP contribution is 2.40. The Balaban J connectivity index is 3.52. The van der Waals surface area contributed by atoms with Gasteiger partial charge in [-0.1, -0.05) is 41.5 Å². The molecule has 0 aliphatic carbocycles. The van der Waals surface area contributed by atoms with Gasteiger partial charge >= 0.3 is 6.09 Å². The Morgan fingerprint density at radius 2 is 1.36 bits per heavy atom. The monoisotopic (exact) mass is 308 g/mol. The molecule has 0 aliphatic heterocycles. The van der Waals surface area contributed by atoms with E-state index in [4.69, 9.17) is 0 Å². The van der Waals surface area contributed by atoms with Crippen LogP contribution >= 0.6 is 0 Å². The van der Waals surface area contributed by atoms with Crippen molar-refractivity contribution in [3.05, 3.63) is 28.8 Å². The Labute approximate surface area is 134 Å². The molecule has 0 heterocycles. The number of aromatic hydroxyl groups is 1. The van der Waals surface area contributed by atoms with Crippen molar-refractivity contribution in [1.82, 2.24) is 0 Å². The van der Waals surface area contributed by atoms with Crippen LogP contribution in [0.15, 0.2) is 12.1 Å². The van der Waals surface area contributed by atoms with Gasteiger partial charge in [0, 0.05) is 16.7 Å². The van der Waals surface area contributed by atoms with E-state index in [-0.39, 0.29) is 15.3 Å². The second kappa shape index (κ2) is 5.58. The molecule has 1 aromatic rings. The highest BCUT2D eigenvalue weighted by atomic mass is 16.4. The van der Waals surface area contributed by atoms with Crippen molar-refractivity contribution in [3.63, 3.8) is 0 Å². The fourth-order valence-electron chi connectivity index (χ4n) is 2.45. The quantitative estimate of drug-likeness (QED) is 0.803. The molecule has 22 heavy (non-hydrogen) atoms. The molecule has 0 aliphatic rings. The summed E-state index contributed by atoms with van der Waals surface area (Å²) in [5, 5.41) is 20.0. The van der Waals surface area contributed by atoms with E-state index in [9.17, 15) is 15.0 Å². The third kappa shape index (κ3) is 4.01. The first-order chi connectivity index (χ1) is 9.66. The molecule has 124 valence electrons. The predicted molar refractivity (Wildman–Crippen MR) is 89.3 cm³/mol. The van der Waals surface area contributed by atoms with Gasteiger partial charge in [-0.15, -0.1) is 0 Å². The largest absolute Gasteiger partial charge is 0.513 e. The van der Waals surface area contributed by atoms with Crippen molar-refractivity contribution in [3.8, 4) is 5.75 Å². The molecule has 0 atom stereocenters. The van der Waals surface area contributed by atoms with Gasteiger partial charge in [-0.25, -0.2) is 4.48 Å². The highest BCUT2D eigenvalue weighted by molar-refractivity contribution is 5.56. The van der Waals surface area contributed by atoms with Gasteiger partial charge in [0.2, 0.25) is 0 Å². The first-order valence-electron chi connectivity index (χ1n) is 7.59. The van der Waals surface area contributed by atoms with Crippen LogP contribution in [-0.4, -0.2) is 34.9 Å². The van der Waals surface area contributed by atoms with Crippen LogP contribution in [-0.2, 0) is 17.4 Å². The van der Waals surface area contributed by atoms with Gasteiger partial charge in [0.1, 0.15) is 12.3 Å². The summed E-state index contributed by atoms with van der Waals surface area (Å²) in [6.45, 7) is 12.7. The van der Waals surface area contributed by atoms with Crippen molar-refractivity contribution >= 4 is 6.09 Å². The number of phenols is 1. The van der Waals surface area contributed by atoms with E-state index in [2.05, 4.69) is 41.5 Å². The van der Waals surface area contributed by atoms with Crippen molar-refractivity contribution in [2.45, 2.75) is 58.9 Å². The number of hydrogen-bond acceptors (Lipinski definition) is 2. The zero-order valence-electron chi connectivity index (χ0n) is 15.1. The van der Waals surface area contributed by atoms with E-state index < -0.39 is 6.09 Å². The van der Waals surface area contributed by atoms with Gasteiger partial charge in [0.25, 0.3) is 0 Å². The molecule has 0 radical (unpaired) electrons. The van der Waals surface area contributed by atoms with Gasteiger partial charge in [-0.2, -0.15) is 4.79 Å². The molecular weight excluding hydrogens is 278 g/mol. The smallest absolute Gasteiger partial charge is 0.507 e. The maximum atomic E-state index is 11.4. The van der Waals surface area contributed by atoms with Crippen molar-refractivity contribution in [2.24, 2.45) is 0 Å². The fraction of sp³-hybridized carbons (Fsp3) is 0.611. The fourth-order valence-corrected chi connectivity index (χ4v) is 2.45. The van der Waals surface area contributed by atoms with Crippen LogP contribution in [0.3, 0.4) is 0 Å².